The average molecular weight is 488 g/mol. The molecule has 0 aliphatic carbocycles. The Balaban J connectivity index is 2.42. The van der Waals surface area contributed by atoms with Crippen LogP contribution in [0.3, 0.4) is 0 Å². The van der Waals surface area contributed by atoms with Crippen LogP contribution in [0, 0.1) is 20.8 Å². The molecule has 2 aromatic rings. The van der Waals surface area contributed by atoms with Crippen LogP contribution in [0.1, 0.15) is 49.4 Å². The largest absolute Gasteiger partial charge is 0.352 e. The maximum atomic E-state index is 13.6. The Morgan fingerprint density at radius 2 is 1.62 bits per heavy atom. The van der Waals surface area contributed by atoms with Gasteiger partial charge in [0.05, 0.1) is 11.9 Å². The van der Waals surface area contributed by atoms with Crippen LogP contribution in [0.15, 0.2) is 42.5 Å². The summed E-state index contributed by atoms with van der Waals surface area (Å²) in [4.78, 5) is 27.9. The molecule has 0 heterocycles. The molecule has 0 radical (unpaired) electrons. The molecule has 0 bridgehead atoms. The van der Waals surface area contributed by atoms with Gasteiger partial charge in [-0.1, -0.05) is 48.9 Å². The highest BCUT2D eigenvalue weighted by atomic mass is 32.2. The van der Waals surface area contributed by atoms with E-state index in [1.54, 1.807) is 19.1 Å². The second-order valence-corrected chi connectivity index (χ2v) is 10.9. The highest BCUT2D eigenvalue weighted by molar-refractivity contribution is 7.92. The summed E-state index contributed by atoms with van der Waals surface area (Å²) in [5.74, 6) is -0.717. The first-order chi connectivity index (χ1) is 15.8. The number of carbonyl (C=O) groups excluding carboxylic acids is 2. The molecular formula is C26H37N3O4S. The smallest absolute Gasteiger partial charge is 0.244 e. The first-order valence-corrected chi connectivity index (χ1v) is 13.4. The van der Waals surface area contributed by atoms with Crippen molar-refractivity contribution >= 4 is 27.5 Å². The Morgan fingerprint density at radius 3 is 2.18 bits per heavy atom. The second-order valence-electron chi connectivity index (χ2n) is 8.99. The molecule has 34 heavy (non-hydrogen) atoms. The van der Waals surface area contributed by atoms with E-state index >= 15 is 0 Å². The predicted octanol–water partition coefficient (Wildman–Crippen LogP) is 3.71. The van der Waals surface area contributed by atoms with Crippen molar-refractivity contribution in [3.63, 3.8) is 0 Å². The van der Waals surface area contributed by atoms with Crippen molar-refractivity contribution in [2.75, 3.05) is 17.1 Å². The molecule has 1 N–H and O–H groups in total. The predicted molar refractivity (Wildman–Crippen MR) is 137 cm³/mol. The van der Waals surface area contributed by atoms with Crippen LogP contribution >= 0.6 is 0 Å². The summed E-state index contributed by atoms with van der Waals surface area (Å²) in [6, 6.07) is 12.3. The van der Waals surface area contributed by atoms with Gasteiger partial charge in [-0.2, -0.15) is 0 Å². The van der Waals surface area contributed by atoms with Gasteiger partial charge in [0.15, 0.2) is 0 Å². The summed E-state index contributed by atoms with van der Waals surface area (Å²) in [5, 5.41) is 2.93. The number of nitrogens with one attached hydrogen (secondary N) is 1. The molecule has 0 saturated carbocycles. The summed E-state index contributed by atoms with van der Waals surface area (Å²) in [7, 11) is -3.75. The molecular weight excluding hydrogens is 450 g/mol. The molecule has 0 spiro atoms. The lowest BCUT2D eigenvalue weighted by Gasteiger charge is -2.32. The SMILES string of the molecule is CC[C@@H](C)NC(=O)[C@H](C)N(Cc1ccc(C)cc1)C(=O)CN(c1cccc(C)c1C)S(C)(=O)=O. The zero-order valence-electron chi connectivity index (χ0n) is 21.3. The Labute approximate surface area is 204 Å². The zero-order valence-corrected chi connectivity index (χ0v) is 22.1. The monoisotopic (exact) mass is 487 g/mol. The average Bonchev–Trinajstić information content (AvgIpc) is 2.77. The molecule has 2 aromatic carbocycles. The second kappa shape index (κ2) is 11.5. The summed E-state index contributed by atoms with van der Waals surface area (Å²) >= 11 is 0. The Bertz CT molecular complexity index is 1110. The highest BCUT2D eigenvalue weighted by Crippen LogP contribution is 2.25. The minimum absolute atomic E-state index is 0.0336. The molecule has 7 nitrogen and oxygen atoms in total. The number of amides is 2. The van der Waals surface area contributed by atoms with E-state index in [9.17, 15) is 18.0 Å². The minimum atomic E-state index is -3.75. The maximum absolute atomic E-state index is 13.6. The lowest BCUT2D eigenvalue weighted by atomic mass is 10.1. The van der Waals surface area contributed by atoms with E-state index in [0.717, 1.165) is 39.2 Å². The van der Waals surface area contributed by atoms with Gasteiger partial charge in [-0.3, -0.25) is 13.9 Å². The Kier molecular flexibility index (Phi) is 9.27. The Hall–Kier alpha value is -2.87. The van der Waals surface area contributed by atoms with Gasteiger partial charge in [-0.15, -0.1) is 0 Å². The standard InChI is InChI=1S/C26H37N3O4S/c1-8-20(4)27-26(31)22(6)28(16-23-14-12-18(2)13-15-23)25(30)17-29(34(7,32)33)24-11-9-10-19(3)21(24)5/h9-15,20,22H,8,16-17H2,1-7H3,(H,27,31)/t20-,22+/m1/s1. The number of anilines is 1. The fourth-order valence-corrected chi connectivity index (χ4v) is 4.44. The molecule has 2 rings (SSSR count). The third-order valence-corrected chi connectivity index (χ3v) is 7.29. The van der Waals surface area contributed by atoms with Gasteiger partial charge in [0, 0.05) is 12.6 Å². The van der Waals surface area contributed by atoms with Crippen LogP contribution < -0.4 is 9.62 Å². The van der Waals surface area contributed by atoms with E-state index < -0.39 is 28.5 Å². The van der Waals surface area contributed by atoms with Crippen LogP contribution in [0.25, 0.3) is 0 Å². The van der Waals surface area contributed by atoms with Crippen LogP contribution in [0.4, 0.5) is 5.69 Å². The van der Waals surface area contributed by atoms with E-state index in [4.69, 9.17) is 0 Å². The summed E-state index contributed by atoms with van der Waals surface area (Å²) in [5.41, 5.74) is 4.12. The number of hydrogen-bond acceptors (Lipinski definition) is 4. The molecule has 0 fully saturated rings. The van der Waals surface area contributed by atoms with Gasteiger partial charge in [-0.05, 0) is 63.8 Å². The van der Waals surface area contributed by atoms with Gasteiger partial charge < -0.3 is 10.2 Å². The van der Waals surface area contributed by atoms with Gasteiger partial charge >= 0.3 is 0 Å². The van der Waals surface area contributed by atoms with E-state index in [1.165, 1.54) is 4.90 Å². The lowest BCUT2D eigenvalue weighted by molar-refractivity contribution is -0.139. The Morgan fingerprint density at radius 1 is 1.00 bits per heavy atom. The number of nitrogens with zero attached hydrogens (tertiary/aromatic N) is 2. The van der Waals surface area contributed by atoms with Crippen LogP contribution in [0.5, 0.6) is 0 Å². The molecule has 2 atom stereocenters. The number of carbonyl (C=O) groups is 2. The van der Waals surface area contributed by atoms with Crippen molar-refractivity contribution in [3.05, 3.63) is 64.7 Å². The summed E-state index contributed by atoms with van der Waals surface area (Å²) in [6.07, 6.45) is 1.85. The van der Waals surface area contributed by atoms with E-state index in [2.05, 4.69) is 5.32 Å². The molecule has 0 aliphatic heterocycles. The minimum Gasteiger partial charge on any atom is -0.352 e. The van der Waals surface area contributed by atoms with Crippen LogP contribution in [0.2, 0.25) is 0 Å². The topological polar surface area (TPSA) is 86.8 Å². The molecule has 0 aromatic heterocycles. The molecule has 0 saturated heterocycles. The number of rotatable bonds is 10. The summed E-state index contributed by atoms with van der Waals surface area (Å²) < 4.78 is 26.6. The van der Waals surface area contributed by atoms with Crippen molar-refractivity contribution < 1.29 is 18.0 Å². The third kappa shape index (κ3) is 7.06. The molecule has 8 heteroatoms. The quantitative estimate of drug-likeness (QED) is 0.554. The number of hydrogen-bond donors (Lipinski definition) is 1. The van der Waals surface area contributed by atoms with Crippen LogP contribution in [-0.4, -0.2) is 50.0 Å². The van der Waals surface area contributed by atoms with Crippen molar-refractivity contribution in [3.8, 4) is 0 Å². The highest BCUT2D eigenvalue weighted by Gasteiger charge is 2.31. The van der Waals surface area contributed by atoms with Gasteiger partial charge in [-0.25, -0.2) is 8.42 Å². The van der Waals surface area contributed by atoms with Crippen molar-refractivity contribution in [1.82, 2.24) is 10.2 Å². The molecule has 186 valence electrons. The maximum Gasteiger partial charge on any atom is 0.244 e. The third-order valence-electron chi connectivity index (χ3n) is 6.17. The lowest BCUT2D eigenvalue weighted by Crippen LogP contribution is -2.52. The van der Waals surface area contributed by atoms with Crippen molar-refractivity contribution in [2.45, 2.75) is 66.6 Å². The van der Waals surface area contributed by atoms with E-state index in [1.807, 2.05) is 65.0 Å². The molecule has 2 amide bonds. The van der Waals surface area contributed by atoms with Crippen molar-refractivity contribution in [2.24, 2.45) is 0 Å². The first kappa shape index (κ1) is 27.4. The number of benzene rings is 2. The fourth-order valence-electron chi connectivity index (χ4n) is 3.54. The number of sulfonamides is 1. The molecule has 0 unspecified atom stereocenters. The van der Waals surface area contributed by atoms with E-state index in [-0.39, 0.29) is 18.5 Å². The molecule has 0 aliphatic rings. The normalized spacial score (nSPS) is 13.1. The first-order valence-electron chi connectivity index (χ1n) is 11.5. The van der Waals surface area contributed by atoms with Crippen molar-refractivity contribution in [1.29, 1.82) is 0 Å². The fraction of sp³-hybridized carbons (Fsp3) is 0.462. The van der Waals surface area contributed by atoms with Gasteiger partial charge in [0.25, 0.3) is 0 Å². The number of aryl methyl sites for hydroxylation is 2. The van der Waals surface area contributed by atoms with Gasteiger partial charge in [0.2, 0.25) is 21.8 Å². The van der Waals surface area contributed by atoms with Crippen LogP contribution in [-0.2, 0) is 26.2 Å². The zero-order chi connectivity index (χ0) is 25.6. The summed E-state index contributed by atoms with van der Waals surface area (Å²) in [6.45, 7) is 11.1. The van der Waals surface area contributed by atoms with Gasteiger partial charge in [0.1, 0.15) is 12.6 Å². The van der Waals surface area contributed by atoms with E-state index in [0.29, 0.717) is 5.69 Å².